The summed E-state index contributed by atoms with van der Waals surface area (Å²) >= 11 is 0. The lowest BCUT2D eigenvalue weighted by Gasteiger charge is -2.41. The third kappa shape index (κ3) is 51.1. The quantitative estimate of drug-likeness (QED) is 0.0195. The second-order valence-corrected chi connectivity index (χ2v) is 24.2. The zero-order chi connectivity index (χ0) is 65.3. The smallest absolute Gasteiger partial charge is 0.306 e. The third-order valence-corrected chi connectivity index (χ3v) is 16.0. The van der Waals surface area contributed by atoms with Gasteiger partial charge in [0.2, 0.25) is 5.91 Å². The minimum absolute atomic E-state index is 0.108. The molecule has 0 radical (unpaired) electrons. The molecule has 11 nitrogen and oxygen atoms in total. The van der Waals surface area contributed by atoms with Gasteiger partial charge in [-0.2, -0.15) is 0 Å². The van der Waals surface area contributed by atoms with Gasteiger partial charge in [0.05, 0.1) is 25.4 Å². The van der Waals surface area contributed by atoms with Crippen LogP contribution in [0.4, 0.5) is 0 Å². The molecule has 0 saturated carbocycles. The van der Waals surface area contributed by atoms with E-state index in [9.17, 15) is 35.1 Å². The van der Waals surface area contributed by atoms with Crippen LogP contribution in [0.2, 0.25) is 0 Å². The van der Waals surface area contributed by atoms with Crippen LogP contribution in [0.25, 0.3) is 0 Å². The molecule has 512 valence electrons. The molecule has 0 bridgehead atoms. The van der Waals surface area contributed by atoms with Crippen molar-refractivity contribution in [1.29, 1.82) is 0 Å². The summed E-state index contributed by atoms with van der Waals surface area (Å²) in [6.45, 7) is 5.55. The van der Waals surface area contributed by atoms with E-state index in [-0.39, 0.29) is 19.4 Å². The first-order valence-corrected chi connectivity index (χ1v) is 36.1. The number of esters is 1. The van der Waals surface area contributed by atoms with E-state index in [2.05, 4.69) is 160 Å². The van der Waals surface area contributed by atoms with Gasteiger partial charge in [-0.25, -0.2) is 0 Å². The Morgan fingerprint density at radius 2 is 0.800 bits per heavy atom. The first kappa shape index (κ1) is 83.6. The van der Waals surface area contributed by atoms with E-state index in [1.54, 1.807) is 6.08 Å². The predicted octanol–water partition coefficient (Wildman–Crippen LogP) is 18.9. The number of allylic oxidation sites excluding steroid dienone is 23. The van der Waals surface area contributed by atoms with E-state index in [0.29, 0.717) is 12.8 Å². The van der Waals surface area contributed by atoms with Crippen LogP contribution in [0.15, 0.2) is 146 Å². The van der Waals surface area contributed by atoms with Crippen molar-refractivity contribution in [1.82, 2.24) is 5.32 Å². The van der Waals surface area contributed by atoms with Crippen molar-refractivity contribution >= 4 is 11.9 Å². The van der Waals surface area contributed by atoms with Crippen LogP contribution in [0.1, 0.15) is 278 Å². The number of unbranched alkanes of at least 4 members (excludes halogenated alkanes) is 24. The van der Waals surface area contributed by atoms with Crippen LogP contribution >= 0.6 is 0 Å². The Kier molecular flexibility index (Phi) is 60.0. The molecule has 8 unspecified atom stereocenters. The molecule has 90 heavy (non-hydrogen) atoms. The highest BCUT2D eigenvalue weighted by Gasteiger charge is 2.47. The van der Waals surface area contributed by atoms with Crippen LogP contribution in [-0.2, 0) is 23.8 Å². The van der Waals surface area contributed by atoms with Gasteiger partial charge in [-0.3, -0.25) is 9.59 Å². The molecule has 1 fully saturated rings. The van der Waals surface area contributed by atoms with Gasteiger partial charge in [-0.1, -0.05) is 295 Å². The minimum atomic E-state index is -1.63. The summed E-state index contributed by atoms with van der Waals surface area (Å²) in [5, 5.41) is 57.3. The normalized spacial score (nSPS) is 19.0. The molecule has 1 heterocycles. The number of carbonyl (C=O) groups is 2. The number of rotatable bonds is 60. The molecule has 1 aliphatic heterocycles. The number of nitrogens with one attached hydrogen (secondary N) is 1. The van der Waals surface area contributed by atoms with E-state index in [4.69, 9.17) is 14.2 Å². The zero-order valence-electron chi connectivity index (χ0n) is 57.0. The highest BCUT2D eigenvalue weighted by atomic mass is 16.7. The maximum absolute atomic E-state index is 13.5. The minimum Gasteiger partial charge on any atom is -0.454 e. The number of aliphatic hydroxyl groups is 5. The van der Waals surface area contributed by atoms with Gasteiger partial charge < -0.3 is 45.1 Å². The van der Waals surface area contributed by atoms with Gasteiger partial charge in [-0.15, -0.1) is 0 Å². The van der Waals surface area contributed by atoms with E-state index in [1.807, 2.05) is 6.08 Å². The van der Waals surface area contributed by atoms with Crippen molar-refractivity contribution in [2.24, 2.45) is 0 Å². The molecule has 1 aliphatic rings. The number of aliphatic hydroxyl groups excluding tert-OH is 5. The van der Waals surface area contributed by atoms with E-state index < -0.39 is 67.4 Å². The summed E-state index contributed by atoms with van der Waals surface area (Å²) in [7, 11) is 0. The van der Waals surface area contributed by atoms with Crippen LogP contribution in [0.5, 0.6) is 0 Å². The number of hydrogen-bond donors (Lipinski definition) is 6. The monoisotopic (exact) mass is 1250 g/mol. The molecule has 0 aliphatic carbocycles. The Morgan fingerprint density at radius 1 is 0.444 bits per heavy atom. The summed E-state index contributed by atoms with van der Waals surface area (Å²) in [4.78, 5) is 26.7. The summed E-state index contributed by atoms with van der Waals surface area (Å²) in [5.41, 5.74) is 0. The fourth-order valence-corrected chi connectivity index (χ4v) is 10.4. The maximum atomic E-state index is 13.5. The summed E-state index contributed by atoms with van der Waals surface area (Å²) in [6, 6.07) is -1.05. The number of ether oxygens (including phenoxy) is 3. The van der Waals surface area contributed by atoms with E-state index in [1.165, 1.54) is 83.5 Å². The fourth-order valence-electron chi connectivity index (χ4n) is 10.4. The molecule has 8 atom stereocenters. The summed E-state index contributed by atoms with van der Waals surface area (Å²) in [5.74, 6) is -1.23. The van der Waals surface area contributed by atoms with Crippen LogP contribution in [0.3, 0.4) is 0 Å². The molecule has 0 aromatic carbocycles. The van der Waals surface area contributed by atoms with Gasteiger partial charge >= 0.3 is 5.97 Å². The van der Waals surface area contributed by atoms with Crippen LogP contribution < -0.4 is 5.32 Å². The van der Waals surface area contributed by atoms with Crippen molar-refractivity contribution in [2.45, 2.75) is 327 Å². The Morgan fingerprint density at radius 3 is 1.20 bits per heavy atom. The van der Waals surface area contributed by atoms with Gasteiger partial charge in [-0.05, 0) is 122 Å². The first-order valence-electron chi connectivity index (χ1n) is 36.1. The maximum Gasteiger partial charge on any atom is 0.306 e. The lowest BCUT2D eigenvalue weighted by Crippen LogP contribution is -2.61. The Hall–Kier alpha value is -4.46. The largest absolute Gasteiger partial charge is 0.454 e. The van der Waals surface area contributed by atoms with Gasteiger partial charge in [0.25, 0.3) is 0 Å². The molecular formula is C79H131NO10. The molecule has 11 heteroatoms. The second-order valence-electron chi connectivity index (χ2n) is 24.2. The SMILES string of the molecule is CC/C=C\C/C=C\C/C=C\C/C=C\C/C=C\C/C=C\CCCCCC(O)C(=O)NC(COC1OC(CO)C(O)C(O)C1OC(=O)CCCCCCCCCCCCC/C=C\C/C=C\C/C=C\C/C=C\C/C=C\CC)C(O)/C=C/CCCCCCCCCCCC. The molecule has 0 aromatic heterocycles. The van der Waals surface area contributed by atoms with Crippen LogP contribution in [0, 0.1) is 0 Å². The van der Waals surface area contributed by atoms with Crippen molar-refractivity contribution in [3.05, 3.63) is 146 Å². The molecular weight excluding hydrogens is 1120 g/mol. The second kappa shape index (κ2) is 64.6. The van der Waals surface area contributed by atoms with Crippen molar-refractivity contribution in [3.63, 3.8) is 0 Å². The molecule has 1 rings (SSSR count). The molecule has 6 N–H and O–H groups in total. The number of amides is 1. The Balaban J connectivity index is 2.59. The summed E-state index contributed by atoms with van der Waals surface area (Å²) < 4.78 is 17.7. The topological polar surface area (TPSA) is 175 Å². The first-order chi connectivity index (χ1) is 44.2. The lowest BCUT2D eigenvalue weighted by atomic mass is 9.99. The third-order valence-electron chi connectivity index (χ3n) is 16.0. The van der Waals surface area contributed by atoms with Gasteiger partial charge in [0.15, 0.2) is 12.4 Å². The molecule has 0 spiro atoms. The summed E-state index contributed by atoms with van der Waals surface area (Å²) in [6.07, 6.45) is 83.1. The molecule has 1 saturated heterocycles. The van der Waals surface area contributed by atoms with Crippen molar-refractivity contribution < 1.29 is 49.3 Å². The Labute approximate surface area is 549 Å². The standard InChI is InChI=1S/C79H131NO10/c1-4-7-10-13-16-19-22-25-27-29-31-33-35-36-37-38-39-41-43-45-47-49-52-55-58-61-64-67-74(84)90-77-76(86)75(85)73(68-81)89-79(77)88-69-70(71(82)65-62-59-56-53-50-24-21-18-15-12-9-6-3)80-78(87)72(83)66-63-60-57-54-51-48-46-44-42-40-34-32-30-28-26-23-20-17-14-11-8-5-2/h7-8,10-11,16-17,19-20,25-28,31-34,36-37,42,44,48,51,62,65,70-73,75-77,79,81-83,85-86H,4-6,9,12-15,18,21-24,29-30,35,38-41,43,45-47,49-50,52-61,63-64,66-69H2,1-3H3,(H,80,87)/b10-7-,11-8-,19-16-,20-17-,27-25-,28-26-,33-31-,34-32-,37-36-,44-42-,51-48-,65-62+. The fraction of sp³-hybridized carbons (Fsp3) is 0.671. The molecule has 1 amide bonds. The van der Waals surface area contributed by atoms with Gasteiger partial charge in [0, 0.05) is 6.42 Å². The van der Waals surface area contributed by atoms with E-state index in [0.717, 1.165) is 148 Å². The van der Waals surface area contributed by atoms with Crippen molar-refractivity contribution in [2.75, 3.05) is 13.2 Å². The average Bonchev–Trinajstić information content (AvgIpc) is 1.14. The van der Waals surface area contributed by atoms with Crippen LogP contribution in [-0.4, -0.2) is 99.6 Å². The number of hydrogen-bond acceptors (Lipinski definition) is 10. The highest BCUT2D eigenvalue weighted by molar-refractivity contribution is 5.80. The zero-order valence-corrected chi connectivity index (χ0v) is 57.0. The highest BCUT2D eigenvalue weighted by Crippen LogP contribution is 2.26. The Bertz CT molecular complexity index is 2030. The number of carbonyl (C=O) groups excluding carboxylic acids is 2. The van der Waals surface area contributed by atoms with E-state index >= 15 is 0 Å². The van der Waals surface area contributed by atoms with Gasteiger partial charge in [0.1, 0.15) is 24.4 Å². The average molecular weight is 1250 g/mol. The van der Waals surface area contributed by atoms with Crippen molar-refractivity contribution in [3.8, 4) is 0 Å². The molecule has 0 aromatic rings. The lowest BCUT2D eigenvalue weighted by molar-refractivity contribution is -0.305. The predicted molar refractivity (Wildman–Crippen MR) is 379 cm³/mol.